The van der Waals surface area contributed by atoms with Gasteiger partial charge in [0.1, 0.15) is 0 Å². The molecular weight excluding hydrogens is 644 g/mol. The molecule has 5 heteroatoms. The molecule has 5 aromatic carbocycles. The predicted molar refractivity (Wildman–Crippen MR) is 199 cm³/mol. The average Bonchev–Trinajstić information content (AvgIpc) is 3.26. The number of nitro benzene ring substituents is 1. The Morgan fingerprint density at radius 3 is 2.13 bits per heavy atom. The van der Waals surface area contributed by atoms with Crippen molar-refractivity contribution >= 4 is 38.1 Å². The maximum atomic E-state index is 12.0. The summed E-state index contributed by atoms with van der Waals surface area (Å²) in [4.78, 5) is 13.8. The van der Waals surface area contributed by atoms with E-state index >= 15 is 0 Å². The van der Waals surface area contributed by atoms with E-state index < -0.39 is 5.41 Å². The van der Waals surface area contributed by atoms with Gasteiger partial charge in [-0.3, -0.25) is 10.1 Å². The van der Waals surface area contributed by atoms with Crippen LogP contribution < -0.4 is 4.90 Å². The molecule has 0 N–H and O–H groups in total. The Morgan fingerprint density at radius 2 is 1.51 bits per heavy atom. The maximum Gasteiger partial charge on any atom is 0.285 e. The van der Waals surface area contributed by atoms with Crippen LogP contribution in [0.5, 0.6) is 0 Å². The van der Waals surface area contributed by atoms with Crippen LogP contribution in [-0.4, -0.2) is 12.0 Å². The van der Waals surface area contributed by atoms with Crippen molar-refractivity contribution in [3.05, 3.63) is 188 Å². The van der Waals surface area contributed by atoms with Crippen LogP contribution in [0.25, 0.3) is 10.8 Å². The number of likely N-dealkylation sites (N-methyl/N-ethyl adjacent to an activating group) is 1. The minimum Gasteiger partial charge on any atom is -0.347 e. The molecule has 236 valence electrons. The number of fused-ring (bicyclic) bond motifs is 2. The van der Waals surface area contributed by atoms with Gasteiger partial charge in [-0.2, -0.15) is 0 Å². The largest absolute Gasteiger partial charge is 0.347 e. The standard InChI is InChI=1S/C42H39BrN2O2/c1-29-23-24-33-20-12-13-21-34(33)40(29)41(3,4)30(2)15-14-22-39-42(27-31-16-8-6-9-17-31,28-32-18-10-7-11-19-32)35-25-36(43)38(45(46)47)26-37(35)44(39)5/h6-26H,2,27-28H2,1,3-5H3/b15-14+,39-22+. The first-order valence-electron chi connectivity index (χ1n) is 15.9. The molecule has 0 atom stereocenters. The van der Waals surface area contributed by atoms with Gasteiger partial charge in [-0.15, -0.1) is 0 Å². The van der Waals surface area contributed by atoms with Gasteiger partial charge in [-0.25, -0.2) is 0 Å². The molecule has 0 saturated carbocycles. The van der Waals surface area contributed by atoms with Crippen molar-refractivity contribution in [3.8, 4) is 0 Å². The van der Waals surface area contributed by atoms with E-state index in [-0.39, 0.29) is 16.0 Å². The maximum absolute atomic E-state index is 12.0. The van der Waals surface area contributed by atoms with Gasteiger partial charge in [-0.05, 0) is 92.0 Å². The Kier molecular flexibility index (Phi) is 8.78. The lowest BCUT2D eigenvalue weighted by molar-refractivity contribution is -0.385. The van der Waals surface area contributed by atoms with Gasteiger partial charge in [0.05, 0.1) is 15.1 Å². The van der Waals surface area contributed by atoms with E-state index in [1.807, 2.05) is 25.2 Å². The van der Waals surface area contributed by atoms with E-state index in [4.69, 9.17) is 0 Å². The summed E-state index contributed by atoms with van der Waals surface area (Å²) in [5, 5.41) is 14.5. The highest BCUT2D eigenvalue weighted by Gasteiger charge is 2.47. The number of nitro groups is 1. The molecule has 0 bridgehead atoms. The molecule has 0 aliphatic carbocycles. The van der Waals surface area contributed by atoms with Crippen molar-refractivity contribution < 1.29 is 4.92 Å². The fourth-order valence-corrected chi connectivity index (χ4v) is 7.86. The van der Waals surface area contributed by atoms with Crippen LogP contribution in [0, 0.1) is 17.0 Å². The number of aryl methyl sites for hydroxylation is 1. The van der Waals surface area contributed by atoms with Crippen molar-refractivity contribution in [1.29, 1.82) is 0 Å². The fourth-order valence-electron chi connectivity index (χ4n) is 7.37. The predicted octanol–water partition coefficient (Wildman–Crippen LogP) is 11.0. The zero-order valence-electron chi connectivity index (χ0n) is 27.3. The number of benzene rings is 5. The summed E-state index contributed by atoms with van der Waals surface area (Å²) >= 11 is 3.55. The van der Waals surface area contributed by atoms with Gasteiger partial charge >= 0.3 is 0 Å². The smallest absolute Gasteiger partial charge is 0.285 e. The van der Waals surface area contributed by atoms with E-state index in [0.29, 0.717) is 4.47 Å². The Balaban J connectivity index is 1.49. The monoisotopic (exact) mass is 682 g/mol. The molecule has 5 aromatic rings. The molecule has 1 aliphatic heterocycles. The molecule has 47 heavy (non-hydrogen) atoms. The Labute approximate surface area is 286 Å². The summed E-state index contributed by atoms with van der Waals surface area (Å²) in [5.74, 6) is 0. The van der Waals surface area contributed by atoms with Crippen LogP contribution >= 0.6 is 15.9 Å². The van der Waals surface area contributed by atoms with Gasteiger partial charge in [0, 0.05) is 29.6 Å². The van der Waals surface area contributed by atoms with Crippen molar-refractivity contribution in [3.63, 3.8) is 0 Å². The summed E-state index contributed by atoms with van der Waals surface area (Å²) in [5.41, 5.74) is 8.16. The van der Waals surface area contributed by atoms with Crippen LogP contribution in [0.15, 0.2) is 150 Å². The van der Waals surface area contributed by atoms with E-state index in [1.54, 1.807) is 6.07 Å². The van der Waals surface area contributed by atoms with Crippen molar-refractivity contribution in [2.75, 3.05) is 11.9 Å². The van der Waals surface area contributed by atoms with Gasteiger partial charge in [-0.1, -0.05) is 130 Å². The van der Waals surface area contributed by atoms with Crippen LogP contribution in [0.4, 0.5) is 11.4 Å². The van der Waals surface area contributed by atoms with E-state index in [9.17, 15) is 10.1 Å². The lowest BCUT2D eigenvalue weighted by Crippen LogP contribution is -2.34. The third kappa shape index (κ3) is 5.96. The molecule has 0 spiro atoms. The van der Waals surface area contributed by atoms with Crippen molar-refractivity contribution in [2.45, 2.75) is 44.4 Å². The highest BCUT2D eigenvalue weighted by atomic mass is 79.9. The first-order chi connectivity index (χ1) is 22.5. The normalized spacial score (nSPS) is 15.0. The van der Waals surface area contributed by atoms with Crippen LogP contribution in [-0.2, 0) is 23.7 Å². The molecule has 6 rings (SSSR count). The second kappa shape index (κ2) is 12.8. The second-order valence-corrected chi connectivity index (χ2v) is 13.9. The second-order valence-electron chi connectivity index (χ2n) is 13.1. The number of hydrogen-bond acceptors (Lipinski definition) is 3. The number of halogens is 1. The quantitative estimate of drug-likeness (QED) is 0.0883. The average molecular weight is 684 g/mol. The van der Waals surface area contributed by atoms with Crippen LogP contribution in [0.2, 0.25) is 0 Å². The molecule has 1 aliphatic rings. The zero-order valence-corrected chi connectivity index (χ0v) is 28.9. The molecule has 0 radical (unpaired) electrons. The molecular formula is C42H39BrN2O2. The minimum atomic E-state index is -0.488. The summed E-state index contributed by atoms with van der Waals surface area (Å²) in [7, 11) is 2.02. The highest BCUT2D eigenvalue weighted by molar-refractivity contribution is 9.10. The minimum absolute atomic E-state index is 0.0568. The molecule has 1 heterocycles. The fraction of sp³-hybridized carbons (Fsp3) is 0.190. The van der Waals surface area contributed by atoms with Gasteiger partial charge in [0.15, 0.2) is 0 Å². The Hall–Kier alpha value is -4.74. The molecule has 0 saturated heterocycles. The number of rotatable bonds is 9. The van der Waals surface area contributed by atoms with Gasteiger partial charge in [0.2, 0.25) is 0 Å². The molecule has 0 aromatic heterocycles. The van der Waals surface area contributed by atoms with E-state index in [1.165, 1.54) is 33.0 Å². The van der Waals surface area contributed by atoms with E-state index in [2.05, 4.69) is 151 Å². The topological polar surface area (TPSA) is 46.4 Å². The summed E-state index contributed by atoms with van der Waals surface area (Å²) in [6.45, 7) is 11.2. The van der Waals surface area contributed by atoms with Crippen LogP contribution in [0.1, 0.15) is 41.7 Å². The van der Waals surface area contributed by atoms with E-state index in [0.717, 1.165) is 35.4 Å². The van der Waals surface area contributed by atoms with Gasteiger partial charge < -0.3 is 4.90 Å². The van der Waals surface area contributed by atoms with Crippen LogP contribution in [0.3, 0.4) is 0 Å². The Morgan fingerprint density at radius 1 is 0.915 bits per heavy atom. The highest BCUT2D eigenvalue weighted by Crippen LogP contribution is 2.53. The SMILES string of the molecule is C=C(/C=C/C=C1/N(C)c2cc([N+](=O)[O-])c(Br)cc2C1(Cc1ccccc1)Cc1ccccc1)C(C)(C)c1c(C)ccc2ccccc12. The third-order valence-electron chi connectivity index (χ3n) is 9.80. The number of anilines is 1. The van der Waals surface area contributed by atoms with Crippen molar-refractivity contribution in [1.82, 2.24) is 0 Å². The summed E-state index contributed by atoms with van der Waals surface area (Å²) in [6, 6.07) is 37.6. The molecule has 0 unspecified atom stereocenters. The first kappa shape index (κ1) is 32.2. The summed E-state index contributed by atoms with van der Waals surface area (Å²) in [6.07, 6.45) is 7.87. The molecule has 0 amide bonds. The first-order valence-corrected chi connectivity index (χ1v) is 16.7. The lowest BCUT2D eigenvalue weighted by Gasteiger charge is -2.34. The zero-order chi connectivity index (χ0) is 33.3. The number of allylic oxidation sites excluding steroid dienone is 5. The lowest BCUT2D eigenvalue weighted by atomic mass is 9.70. The van der Waals surface area contributed by atoms with Gasteiger partial charge in [0.25, 0.3) is 5.69 Å². The molecule has 0 fully saturated rings. The number of hydrogen-bond donors (Lipinski definition) is 0. The van der Waals surface area contributed by atoms with Crippen molar-refractivity contribution in [2.24, 2.45) is 0 Å². The third-order valence-corrected chi connectivity index (χ3v) is 10.4. The number of nitrogens with zero attached hydrogens (tertiary/aromatic N) is 2. The molecule has 4 nitrogen and oxygen atoms in total. The Bertz CT molecular complexity index is 2000. The summed E-state index contributed by atoms with van der Waals surface area (Å²) < 4.78 is 0.484.